The number of piperazine rings is 1. The first kappa shape index (κ1) is 16.3. The summed E-state index contributed by atoms with van der Waals surface area (Å²) in [6, 6.07) is -0.736. The van der Waals surface area contributed by atoms with Crippen molar-refractivity contribution < 1.29 is 14.3 Å². The zero-order valence-electron chi connectivity index (χ0n) is 13.8. The van der Waals surface area contributed by atoms with E-state index in [0.29, 0.717) is 12.5 Å². The highest BCUT2D eigenvalue weighted by molar-refractivity contribution is 5.97. The second kappa shape index (κ2) is 6.34. The topological polar surface area (TPSA) is 58.6 Å². The molecule has 2 rings (SSSR count). The minimum atomic E-state index is -0.405. The van der Waals surface area contributed by atoms with Gasteiger partial charge in [0.25, 0.3) is 0 Å². The van der Waals surface area contributed by atoms with E-state index < -0.39 is 6.04 Å². The van der Waals surface area contributed by atoms with Gasteiger partial charge in [0.1, 0.15) is 12.1 Å². The monoisotopic (exact) mass is 296 g/mol. The van der Waals surface area contributed by atoms with Crippen molar-refractivity contribution in [2.75, 3.05) is 13.2 Å². The smallest absolute Gasteiger partial charge is 0.246 e. The molecular weight excluding hydrogens is 268 g/mol. The highest BCUT2D eigenvalue weighted by Crippen LogP contribution is 2.29. The van der Waals surface area contributed by atoms with Crippen LogP contribution in [0, 0.1) is 17.8 Å². The molecule has 0 aromatic heterocycles. The third-order valence-electron chi connectivity index (χ3n) is 4.77. The first-order valence-electron chi connectivity index (χ1n) is 8.04. The van der Waals surface area contributed by atoms with Crippen molar-refractivity contribution in [1.29, 1.82) is 0 Å². The van der Waals surface area contributed by atoms with E-state index in [2.05, 4.69) is 12.2 Å². The third-order valence-corrected chi connectivity index (χ3v) is 4.77. The molecule has 2 amide bonds. The molecule has 4 unspecified atom stereocenters. The summed E-state index contributed by atoms with van der Waals surface area (Å²) in [5, 5.41) is 2.91. The van der Waals surface area contributed by atoms with Gasteiger partial charge in [0.2, 0.25) is 11.8 Å². The van der Waals surface area contributed by atoms with E-state index in [1.165, 1.54) is 0 Å². The Bertz CT molecular complexity index is 402. The van der Waals surface area contributed by atoms with Crippen LogP contribution in [0.25, 0.3) is 0 Å². The Balaban J connectivity index is 2.29. The molecule has 0 aromatic rings. The maximum absolute atomic E-state index is 12.9. The molecule has 21 heavy (non-hydrogen) atoms. The minimum Gasteiger partial charge on any atom is -0.381 e. The lowest BCUT2D eigenvalue weighted by molar-refractivity contribution is -0.156. The fourth-order valence-corrected chi connectivity index (χ4v) is 3.41. The lowest BCUT2D eigenvalue weighted by Gasteiger charge is -2.46. The Morgan fingerprint density at radius 3 is 2.29 bits per heavy atom. The quantitative estimate of drug-likeness (QED) is 0.853. The number of ether oxygens (including phenoxy) is 1. The molecular formula is C16H28N2O3. The molecule has 2 fully saturated rings. The number of nitrogens with one attached hydrogen (secondary N) is 1. The summed E-state index contributed by atoms with van der Waals surface area (Å²) in [5.74, 6) is 0.571. The predicted molar refractivity (Wildman–Crippen MR) is 80.6 cm³/mol. The Morgan fingerprint density at radius 1 is 1.14 bits per heavy atom. The van der Waals surface area contributed by atoms with Gasteiger partial charge in [-0.25, -0.2) is 0 Å². The van der Waals surface area contributed by atoms with E-state index >= 15 is 0 Å². The Morgan fingerprint density at radius 2 is 1.81 bits per heavy atom. The van der Waals surface area contributed by atoms with E-state index in [1.54, 1.807) is 0 Å². The number of amides is 2. The molecule has 5 heteroatoms. The number of carbonyl (C=O) groups is 2. The zero-order chi connectivity index (χ0) is 15.7. The predicted octanol–water partition coefficient (Wildman–Crippen LogP) is 1.42. The van der Waals surface area contributed by atoms with E-state index in [4.69, 9.17) is 4.74 Å². The van der Waals surface area contributed by atoms with E-state index in [9.17, 15) is 9.59 Å². The summed E-state index contributed by atoms with van der Waals surface area (Å²) in [6.45, 7) is 11.4. The Hall–Kier alpha value is -1.10. The number of rotatable bonds is 4. The van der Waals surface area contributed by atoms with Gasteiger partial charge in [-0.1, -0.05) is 27.7 Å². The first-order valence-corrected chi connectivity index (χ1v) is 8.04. The summed E-state index contributed by atoms with van der Waals surface area (Å²) in [6.07, 6.45) is 0.962. The molecule has 2 saturated heterocycles. The van der Waals surface area contributed by atoms with Gasteiger partial charge in [-0.2, -0.15) is 0 Å². The fraction of sp³-hybridized carbons (Fsp3) is 0.875. The van der Waals surface area contributed by atoms with Gasteiger partial charge < -0.3 is 15.0 Å². The lowest BCUT2D eigenvalue weighted by atomic mass is 9.88. The SMILES string of the molecule is CC(C)C1NC(=O)C(C(C)C)N(C(C)C2CCOC2)C1=O. The van der Waals surface area contributed by atoms with Crippen molar-refractivity contribution in [3.8, 4) is 0 Å². The molecule has 0 aliphatic carbocycles. The zero-order valence-corrected chi connectivity index (χ0v) is 13.8. The molecule has 0 bridgehead atoms. The van der Waals surface area contributed by atoms with Gasteiger partial charge in [0.15, 0.2) is 0 Å². The second-order valence-electron chi connectivity index (χ2n) is 7.03. The van der Waals surface area contributed by atoms with Crippen molar-refractivity contribution in [2.24, 2.45) is 17.8 Å². The second-order valence-corrected chi connectivity index (χ2v) is 7.03. The van der Waals surface area contributed by atoms with Gasteiger partial charge >= 0.3 is 0 Å². The maximum Gasteiger partial charge on any atom is 0.246 e. The van der Waals surface area contributed by atoms with Crippen LogP contribution >= 0.6 is 0 Å². The van der Waals surface area contributed by atoms with Crippen LogP contribution in [0.2, 0.25) is 0 Å². The van der Waals surface area contributed by atoms with Crippen molar-refractivity contribution >= 4 is 11.8 Å². The van der Waals surface area contributed by atoms with Crippen LogP contribution in [-0.4, -0.2) is 48.1 Å². The molecule has 5 nitrogen and oxygen atoms in total. The normalized spacial score (nSPS) is 32.0. The molecule has 1 N–H and O–H groups in total. The van der Waals surface area contributed by atoms with Crippen LogP contribution < -0.4 is 5.32 Å². The van der Waals surface area contributed by atoms with Gasteiger partial charge in [-0.3, -0.25) is 9.59 Å². The molecule has 2 aliphatic rings. The van der Waals surface area contributed by atoms with Crippen molar-refractivity contribution in [2.45, 2.75) is 59.2 Å². The van der Waals surface area contributed by atoms with Gasteiger partial charge in [0.05, 0.1) is 6.61 Å². The van der Waals surface area contributed by atoms with Crippen molar-refractivity contribution in [3.63, 3.8) is 0 Å². The van der Waals surface area contributed by atoms with E-state index in [-0.39, 0.29) is 35.7 Å². The fourth-order valence-electron chi connectivity index (χ4n) is 3.41. The molecule has 0 aromatic carbocycles. The standard InChI is InChI=1S/C16H28N2O3/c1-9(2)13-16(20)18(11(5)12-6-7-21-8-12)14(10(3)4)15(19)17-13/h9-14H,6-8H2,1-5H3,(H,17,19). The number of hydrogen-bond acceptors (Lipinski definition) is 3. The number of carbonyl (C=O) groups excluding carboxylic acids is 2. The molecule has 0 saturated carbocycles. The van der Waals surface area contributed by atoms with Crippen LogP contribution in [-0.2, 0) is 14.3 Å². The average Bonchev–Trinajstić information content (AvgIpc) is 2.92. The maximum atomic E-state index is 12.9. The molecule has 120 valence electrons. The van der Waals surface area contributed by atoms with Crippen LogP contribution in [0.1, 0.15) is 41.0 Å². The van der Waals surface area contributed by atoms with Gasteiger partial charge in [0, 0.05) is 18.6 Å². The van der Waals surface area contributed by atoms with Crippen LogP contribution in [0.5, 0.6) is 0 Å². The van der Waals surface area contributed by atoms with Crippen LogP contribution in [0.15, 0.2) is 0 Å². The van der Waals surface area contributed by atoms with Gasteiger partial charge in [-0.05, 0) is 25.2 Å². The number of nitrogens with zero attached hydrogens (tertiary/aromatic N) is 1. The van der Waals surface area contributed by atoms with Crippen LogP contribution in [0.4, 0.5) is 0 Å². The van der Waals surface area contributed by atoms with Crippen molar-refractivity contribution in [1.82, 2.24) is 10.2 Å². The summed E-state index contributed by atoms with van der Waals surface area (Å²) < 4.78 is 5.46. The van der Waals surface area contributed by atoms with Gasteiger partial charge in [-0.15, -0.1) is 0 Å². The molecule has 2 heterocycles. The third kappa shape index (κ3) is 3.07. The lowest BCUT2D eigenvalue weighted by Crippen LogP contribution is -2.68. The number of hydrogen-bond donors (Lipinski definition) is 1. The molecule has 2 aliphatic heterocycles. The Labute approximate surface area is 127 Å². The van der Waals surface area contributed by atoms with Crippen LogP contribution in [0.3, 0.4) is 0 Å². The largest absolute Gasteiger partial charge is 0.381 e. The highest BCUT2D eigenvalue weighted by atomic mass is 16.5. The van der Waals surface area contributed by atoms with E-state index in [1.807, 2.05) is 32.6 Å². The average molecular weight is 296 g/mol. The molecule has 0 radical (unpaired) electrons. The summed E-state index contributed by atoms with van der Waals surface area (Å²) >= 11 is 0. The van der Waals surface area contributed by atoms with Crippen molar-refractivity contribution in [3.05, 3.63) is 0 Å². The minimum absolute atomic E-state index is 0.0194. The summed E-state index contributed by atoms with van der Waals surface area (Å²) in [4.78, 5) is 27.2. The molecule has 0 spiro atoms. The first-order chi connectivity index (χ1) is 9.84. The van der Waals surface area contributed by atoms with E-state index in [0.717, 1.165) is 13.0 Å². The summed E-state index contributed by atoms with van der Waals surface area (Å²) in [7, 11) is 0. The summed E-state index contributed by atoms with van der Waals surface area (Å²) in [5.41, 5.74) is 0. The highest BCUT2D eigenvalue weighted by Gasteiger charge is 2.46. The Kier molecular flexibility index (Phi) is 4.91. The molecule has 4 atom stereocenters.